The van der Waals surface area contributed by atoms with Crippen LogP contribution in [0.25, 0.3) is 10.8 Å². The Morgan fingerprint density at radius 1 is 1.00 bits per heavy atom. The van der Waals surface area contributed by atoms with Crippen LogP contribution in [-0.2, 0) is 0 Å². The number of fused-ring (bicyclic) bond motifs is 1. The first-order valence-electron chi connectivity index (χ1n) is 4.77. The molecule has 0 aliphatic carbocycles. The molecule has 0 amide bonds. The third-order valence-corrected chi connectivity index (χ3v) is 2.50. The molecule has 0 fully saturated rings. The minimum absolute atomic E-state index is 0.145. The van der Waals surface area contributed by atoms with Gasteiger partial charge in [-0.1, -0.05) is 36.4 Å². The lowest BCUT2D eigenvalue weighted by atomic mass is 9.75. The van der Waals surface area contributed by atoms with Crippen LogP contribution in [0.3, 0.4) is 0 Å². The summed E-state index contributed by atoms with van der Waals surface area (Å²) in [4.78, 5) is 0. The number of halogens is 2. The molecule has 0 saturated carbocycles. The highest BCUT2D eigenvalue weighted by molar-refractivity contribution is 6.59. The van der Waals surface area contributed by atoms with Crippen LogP contribution in [0.4, 0.5) is 8.78 Å². The molecule has 0 unspecified atom stereocenters. The summed E-state index contributed by atoms with van der Waals surface area (Å²) < 4.78 is 25.8. The van der Waals surface area contributed by atoms with E-state index in [1.165, 1.54) is 6.07 Å². The molecule has 5 heteroatoms. The Hall–Kier alpha value is -1.46. The smallest absolute Gasteiger partial charge is 0.423 e. The van der Waals surface area contributed by atoms with Gasteiger partial charge in [0.25, 0.3) is 6.43 Å². The van der Waals surface area contributed by atoms with Crippen molar-refractivity contribution in [3.63, 3.8) is 0 Å². The second-order valence-corrected chi connectivity index (χ2v) is 3.46. The maximum atomic E-state index is 12.9. The summed E-state index contributed by atoms with van der Waals surface area (Å²) in [7, 11) is -1.88. The van der Waals surface area contributed by atoms with Crippen molar-refractivity contribution in [3.05, 3.63) is 42.0 Å². The zero-order valence-corrected chi connectivity index (χ0v) is 8.27. The van der Waals surface area contributed by atoms with Crippen LogP contribution in [-0.4, -0.2) is 17.2 Å². The fraction of sp³-hybridized carbons (Fsp3) is 0.0909. The van der Waals surface area contributed by atoms with Gasteiger partial charge in [-0.3, -0.25) is 0 Å². The van der Waals surface area contributed by atoms with E-state index < -0.39 is 13.5 Å². The fourth-order valence-electron chi connectivity index (χ4n) is 1.78. The zero-order valence-electron chi connectivity index (χ0n) is 8.27. The average Bonchev–Trinajstić information content (AvgIpc) is 2.27. The quantitative estimate of drug-likeness (QED) is 0.755. The van der Waals surface area contributed by atoms with Crippen LogP contribution >= 0.6 is 0 Å². The van der Waals surface area contributed by atoms with Gasteiger partial charge in [0.15, 0.2) is 0 Å². The molecule has 2 N–H and O–H groups in total. The predicted molar refractivity (Wildman–Crippen MR) is 58.7 cm³/mol. The average molecular weight is 222 g/mol. The van der Waals surface area contributed by atoms with Crippen LogP contribution in [0.2, 0.25) is 0 Å². The lowest BCUT2D eigenvalue weighted by molar-refractivity contribution is 0.154. The van der Waals surface area contributed by atoms with Crippen LogP contribution in [0.1, 0.15) is 12.0 Å². The number of rotatable bonds is 2. The van der Waals surface area contributed by atoms with E-state index in [0.29, 0.717) is 10.8 Å². The Bertz CT molecular complexity index is 514. The van der Waals surface area contributed by atoms with Gasteiger partial charge >= 0.3 is 7.12 Å². The van der Waals surface area contributed by atoms with E-state index in [2.05, 4.69) is 0 Å². The van der Waals surface area contributed by atoms with Crippen LogP contribution in [0.5, 0.6) is 0 Å². The third-order valence-electron chi connectivity index (χ3n) is 2.50. The number of alkyl halides is 2. The van der Waals surface area contributed by atoms with Gasteiger partial charge in [-0.25, -0.2) is 8.78 Å². The van der Waals surface area contributed by atoms with Crippen molar-refractivity contribution in [2.24, 2.45) is 0 Å². The second kappa shape index (κ2) is 4.19. The molecule has 0 aromatic heterocycles. The van der Waals surface area contributed by atoms with Gasteiger partial charge in [0, 0.05) is 5.56 Å². The first kappa shape index (κ1) is 11.0. The molecule has 0 bridgehead atoms. The molecule has 0 radical (unpaired) electrons. The summed E-state index contributed by atoms with van der Waals surface area (Å²) in [6.07, 6.45) is -2.73. The molecule has 0 spiro atoms. The Morgan fingerprint density at radius 2 is 1.69 bits per heavy atom. The summed E-state index contributed by atoms with van der Waals surface area (Å²) >= 11 is 0. The fourth-order valence-corrected chi connectivity index (χ4v) is 1.78. The molecule has 0 saturated heterocycles. The Kier molecular flexibility index (Phi) is 2.89. The Balaban J connectivity index is 2.79. The van der Waals surface area contributed by atoms with Crippen molar-refractivity contribution in [2.75, 3.05) is 0 Å². The maximum absolute atomic E-state index is 12.9. The van der Waals surface area contributed by atoms with E-state index in [0.717, 1.165) is 0 Å². The minimum Gasteiger partial charge on any atom is -0.423 e. The van der Waals surface area contributed by atoms with Crippen LogP contribution < -0.4 is 5.46 Å². The van der Waals surface area contributed by atoms with E-state index in [1.807, 2.05) is 0 Å². The third kappa shape index (κ3) is 1.79. The van der Waals surface area contributed by atoms with Crippen molar-refractivity contribution in [3.8, 4) is 0 Å². The lowest BCUT2D eigenvalue weighted by Gasteiger charge is -2.11. The number of benzene rings is 2. The van der Waals surface area contributed by atoms with Crippen LogP contribution in [0, 0.1) is 0 Å². The molecule has 2 aromatic rings. The maximum Gasteiger partial charge on any atom is 0.488 e. The highest BCUT2D eigenvalue weighted by Crippen LogP contribution is 2.26. The summed E-state index contributed by atoms with van der Waals surface area (Å²) in [6, 6.07) is 9.54. The topological polar surface area (TPSA) is 40.5 Å². The Labute approximate surface area is 91.3 Å². The molecular formula is C11H9BF2O2. The minimum atomic E-state index is -2.73. The summed E-state index contributed by atoms with van der Waals surface area (Å²) in [6.45, 7) is 0. The van der Waals surface area contributed by atoms with Crippen molar-refractivity contribution in [1.82, 2.24) is 0 Å². The first-order chi connectivity index (χ1) is 7.61. The highest BCUT2D eigenvalue weighted by atomic mass is 19.3. The highest BCUT2D eigenvalue weighted by Gasteiger charge is 2.23. The normalized spacial score (nSPS) is 11.1. The largest absolute Gasteiger partial charge is 0.488 e. The van der Waals surface area contributed by atoms with Gasteiger partial charge in [0.2, 0.25) is 0 Å². The molecule has 0 aliphatic rings. The monoisotopic (exact) mass is 222 g/mol. The second-order valence-electron chi connectivity index (χ2n) is 3.46. The molecule has 16 heavy (non-hydrogen) atoms. The standard InChI is InChI=1S/C11H9BF2O2/c13-11(14)10-8-4-2-1-3-7(8)5-6-9(10)12(15)16/h1-6,11,15-16H. The van der Waals surface area contributed by atoms with Crippen LogP contribution in [0.15, 0.2) is 36.4 Å². The summed E-state index contributed by atoms with van der Waals surface area (Å²) in [5, 5.41) is 19.1. The molecule has 2 aromatic carbocycles. The number of hydrogen-bond acceptors (Lipinski definition) is 2. The van der Waals surface area contributed by atoms with Gasteiger partial charge in [-0.15, -0.1) is 0 Å². The van der Waals surface area contributed by atoms with Crippen molar-refractivity contribution in [2.45, 2.75) is 6.43 Å². The molecule has 0 atom stereocenters. The van der Waals surface area contributed by atoms with Crippen molar-refractivity contribution < 1.29 is 18.8 Å². The molecular weight excluding hydrogens is 213 g/mol. The first-order valence-corrected chi connectivity index (χ1v) is 4.77. The molecule has 0 heterocycles. The van der Waals surface area contributed by atoms with Gasteiger partial charge in [0.1, 0.15) is 0 Å². The lowest BCUT2D eigenvalue weighted by Crippen LogP contribution is -2.33. The van der Waals surface area contributed by atoms with Gasteiger partial charge in [-0.2, -0.15) is 0 Å². The van der Waals surface area contributed by atoms with Crippen molar-refractivity contribution in [1.29, 1.82) is 0 Å². The summed E-state index contributed by atoms with van der Waals surface area (Å²) in [5.41, 5.74) is -0.457. The van der Waals surface area contributed by atoms with E-state index in [1.54, 1.807) is 30.3 Å². The van der Waals surface area contributed by atoms with Gasteiger partial charge < -0.3 is 10.0 Å². The molecule has 0 aliphatic heterocycles. The summed E-state index contributed by atoms with van der Waals surface area (Å²) in [5.74, 6) is 0. The predicted octanol–water partition coefficient (Wildman–Crippen LogP) is 1.46. The van der Waals surface area contributed by atoms with E-state index >= 15 is 0 Å². The molecule has 2 nitrogen and oxygen atoms in total. The SMILES string of the molecule is OB(O)c1ccc2ccccc2c1C(F)F. The van der Waals surface area contributed by atoms with Gasteiger partial charge in [-0.05, 0) is 16.2 Å². The van der Waals surface area contributed by atoms with E-state index in [9.17, 15) is 8.78 Å². The van der Waals surface area contributed by atoms with Gasteiger partial charge in [0.05, 0.1) is 0 Å². The Morgan fingerprint density at radius 3 is 2.31 bits per heavy atom. The van der Waals surface area contributed by atoms with Crippen molar-refractivity contribution >= 4 is 23.4 Å². The van der Waals surface area contributed by atoms with E-state index in [4.69, 9.17) is 10.0 Å². The zero-order chi connectivity index (χ0) is 11.7. The van der Waals surface area contributed by atoms with E-state index in [-0.39, 0.29) is 11.0 Å². The number of hydrogen-bond donors (Lipinski definition) is 2. The molecule has 2 rings (SSSR count). The molecule has 82 valence electrons.